The van der Waals surface area contributed by atoms with E-state index in [9.17, 15) is 0 Å². The third kappa shape index (κ3) is 3.86. The second-order valence-corrected chi connectivity index (χ2v) is 9.57. The third-order valence-electron chi connectivity index (χ3n) is 3.32. The van der Waals surface area contributed by atoms with Crippen LogP contribution in [0.5, 0.6) is 0 Å². The van der Waals surface area contributed by atoms with E-state index >= 15 is 0 Å². The molecule has 2 unspecified atom stereocenters. The number of nitrogens with one attached hydrogen (secondary N) is 1. The largest absolute Gasteiger partial charge is 0.417 e. The predicted molar refractivity (Wildman–Crippen MR) is 73.4 cm³/mol. The first kappa shape index (κ1) is 14.2. The number of hydrogen-bond acceptors (Lipinski definition) is 2. The van der Waals surface area contributed by atoms with Gasteiger partial charge in [0.05, 0.1) is 6.10 Å². The van der Waals surface area contributed by atoms with Crippen LogP contribution in [0.2, 0.25) is 13.1 Å². The molecule has 0 radical (unpaired) electrons. The average molecular weight is 243 g/mol. The molecule has 0 aliphatic carbocycles. The lowest BCUT2D eigenvalue weighted by Crippen LogP contribution is -2.40. The maximum atomic E-state index is 6.29. The molecule has 1 saturated heterocycles. The lowest BCUT2D eigenvalue weighted by Gasteiger charge is -2.37. The summed E-state index contributed by atoms with van der Waals surface area (Å²) >= 11 is 0. The molecule has 0 aromatic rings. The fraction of sp³-hybridized carbons (Fsp3) is 1.00. The van der Waals surface area contributed by atoms with E-state index < -0.39 is 9.04 Å². The highest BCUT2D eigenvalue weighted by Gasteiger charge is 2.40. The Bertz CT molecular complexity index is 233. The van der Waals surface area contributed by atoms with Crippen LogP contribution < -0.4 is 5.32 Å². The average Bonchev–Trinajstić information content (AvgIpc) is 2.39. The molecule has 1 N–H and O–H groups in total. The first-order valence-corrected chi connectivity index (χ1v) is 9.30. The summed E-state index contributed by atoms with van der Waals surface area (Å²) in [5, 5.41) is 3.61. The summed E-state index contributed by atoms with van der Waals surface area (Å²) in [4.78, 5) is 0. The molecule has 0 amide bonds. The van der Waals surface area contributed by atoms with Gasteiger partial charge in [-0.25, -0.2) is 0 Å². The van der Waals surface area contributed by atoms with Crippen LogP contribution in [0.3, 0.4) is 0 Å². The maximum Gasteiger partial charge on any atom is 0.171 e. The summed E-state index contributed by atoms with van der Waals surface area (Å²) < 4.78 is 6.29. The Morgan fingerprint density at radius 2 is 1.88 bits per heavy atom. The van der Waals surface area contributed by atoms with Crippen molar-refractivity contribution < 1.29 is 4.43 Å². The third-order valence-corrected chi connectivity index (χ3v) is 4.15. The van der Waals surface area contributed by atoms with E-state index in [2.05, 4.69) is 53.0 Å². The highest BCUT2D eigenvalue weighted by Crippen LogP contribution is 2.36. The van der Waals surface area contributed by atoms with Gasteiger partial charge in [0.15, 0.2) is 9.04 Å². The van der Waals surface area contributed by atoms with E-state index in [0.29, 0.717) is 12.0 Å². The molecule has 0 bridgehead atoms. The number of hydrogen-bond donors (Lipinski definition) is 1. The molecule has 16 heavy (non-hydrogen) atoms. The molecule has 0 aromatic carbocycles. The van der Waals surface area contributed by atoms with Crippen molar-refractivity contribution in [2.24, 2.45) is 11.3 Å². The van der Waals surface area contributed by atoms with Gasteiger partial charge in [0.2, 0.25) is 0 Å². The summed E-state index contributed by atoms with van der Waals surface area (Å²) in [6, 6.07) is 0. The molecule has 1 heterocycles. The van der Waals surface area contributed by atoms with E-state index in [1.165, 1.54) is 6.42 Å². The van der Waals surface area contributed by atoms with Crippen LogP contribution in [0.1, 0.15) is 41.0 Å². The van der Waals surface area contributed by atoms with Gasteiger partial charge in [-0.15, -0.1) is 0 Å². The molecule has 0 aromatic heterocycles. The van der Waals surface area contributed by atoms with Crippen molar-refractivity contribution >= 4 is 9.04 Å². The second-order valence-electron chi connectivity index (χ2n) is 7.20. The Labute approximate surface area is 103 Å². The number of rotatable bonds is 3. The van der Waals surface area contributed by atoms with Gasteiger partial charge in [-0.1, -0.05) is 20.8 Å². The van der Waals surface area contributed by atoms with Gasteiger partial charge < -0.3 is 9.74 Å². The van der Waals surface area contributed by atoms with Crippen molar-refractivity contribution in [1.82, 2.24) is 5.32 Å². The predicted octanol–water partition coefficient (Wildman–Crippen LogP) is 2.79. The van der Waals surface area contributed by atoms with Crippen molar-refractivity contribution in [1.29, 1.82) is 0 Å². The Morgan fingerprint density at radius 3 is 2.19 bits per heavy atom. The van der Waals surface area contributed by atoms with Crippen LogP contribution in [0.25, 0.3) is 0 Å². The van der Waals surface area contributed by atoms with Crippen LogP contribution in [-0.2, 0) is 4.43 Å². The lowest BCUT2D eigenvalue weighted by atomic mass is 9.79. The standard InChI is InChI=1S/C13H29NOSi/c1-12(2,3)11(15-16(6)7)10-8-13(4,5)14-9-10/h10-11,14,16H,8-9H2,1-7H3. The van der Waals surface area contributed by atoms with E-state index in [4.69, 9.17) is 4.43 Å². The zero-order valence-electron chi connectivity index (χ0n) is 12.1. The monoisotopic (exact) mass is 243 g/mol. The quantitative estimate of drug-likeness (QED) is 0.770. The first-order valence-electron chi connectivity index (χ1n) is 6.52. The molecule has 0 spiro atoms. The molecule has 2 nitrogen and oxygen atoms in total. The lowest BCUT2D eigenvalue weighted by molar-refractivity contribution is 0.0380. The molecule has 0 saturated carbocycles. The Morgan fingerprint density at radius 1 is 1.31 bits per heavy atom. The topological polar surface area (TPSA) is 21.3 Å². The summed E-state index contributed by atoms with van der Waals surface area (Å²) in [7, 11) is -0.955. The maximum absolute atomic E-state index is 6.29. The van der Waals surface area contributed by atoms with E-state index in [0.717, 1.165) is 6.54 Å². The van der Waals surface area contributed by atoms with Crippen molar-refractivity contribution in [3.05, 3.63) is 0 Å². The zero-order valence-corrected chi connectivity index (χ0v) is 13.2. The van der Waals surface area contributed by atoms with Crippen LogP contribution in [-0.4, -0.2) is 27.2 Å². The van der Waals surface area contributed by atoms with Crippen LogP contribution in [0, 0.1) is 11.3 Å². The smallest absolute Gasteiger partial charge is 0.171 e. The summed E-state index contributed by atoms with van der Waals surface area (Å²) in [5.41, 5.74) is 0.542. The van der Waals surface area contributed by atoms with Gasteiger partial charge >= 0.3 is 0 Å². The molecule has 1 rings (SSSR count). The fourth-order valence-corrected chi connectivity index (χ4v) is 3.95. The van der Waals surface area contributed by atoms with Gasteiger partial charge in [-0.05, 0) is 44.7 Å². The molecular formula is C13H29NOSi. The van der Waals surface area contributed by atoms with Crippen LogP contribution >= 0.6 is 0 Å². The molecule has 1 fully saturated rings. The molecule has 1 aliphatic heterocycles. The molecule has 1 aliphatic rings. The van der Waals surface area contributed by atoms with Gasteiger partial charge in [0.25, 0.3) is 0 Å². The van der Waals surface area contributed by atoms with Crippen LogP contribution in [0.15, 0.2) is 0 Å². The van der Waals surface area contributed by atoms with Crippen molar-refractivity contribution in [3.63, 3.8) is 0 Å². The van der Waals surface area contributed by atoms with Crippen molar-refractivity contribution in [3.8, 4) is 0 Å². The molecule has 2 atom stereocenters. The summed E-state index contributed by atoms with van der Waals surface area (Å²) in [5.74, 6) is 0.671. The normalized spacial score (nSPS) is 27.4. The van der Waals surface area contributed by atoms with Gasteiger partial charge in [0, 0.05) is 12.1 Å². The van der Waals surface area contributed by atoms with E-state index in [1.807, 2.05) is 0 Å². The Balaban J connectivity index is 2.71. The highest BCUT2D eigenvalue weighted by molar-refractivity contribution is 6.48. The molecule has 96 valence electrons. The minimum absolute atomic E-state index is 0.254. The van der Waals surface area contributed by atoms with Crippen LogP contribution in [0.4, 0.5) is 0 Å². The Kier molecular flexibility index (Phi) is 4.25. The second kappa shape index (κ2) is 4.79. The molecular weight excluding hydrogens is 214 g/mol. The highest BCUT2D eigenvalue weighted by atomic mass is 28.3. The minimum Gasteiger partial charge on any atom is -0.417 e. The SMILES string of the molecule is C[SiH](C)OC(C1CNC(C)(C)C1)C(C)(C)C. The first-order chi connectivity index (χ1) is 7.12. The Hall–Kier alpha value is 0.137. The van der Waals surface area contributed by atoms with E-state index in [-0.39, 0.29) is 11.0 Å². The zero-order chi connectivity index (χ0) is 12.6. The van der Waals surface area contributed by atoms with E-state index in [1.54, 1.807) is 0 Å². The van der Waals surface area contributed by atoms with Gasteiger partial charge in [-0.2, -0.15) is 0 Å². The minimum atomic E-state index is -0.955. The van der Waals surface area contributed by atoms with Crippen molar-refractivity contribution in [2.75, 3.05) is 6.54 Å². The van der Waals surface area contributed by atoms with Crippen molar-refractivity contribution in [2.45, 2.75) is 65.8 Å². The fourth-order valence-electron chi connectivity index (χ4n) is 2.74. The van der Waals surface area contributed by atoms with Gasteiger partial charge in [-0.3, -0.25) is 0 Å². The summed E-state index contributed by atoms with van der Waals surface area (Å²) in [6.45, 7) is 17.1. The van der Waals surface area contributed by atoms with Gasteiger partial charge in [0.1, 0.15) is 0 Å². The summed E-state index contributed by atoms with van der Waals surface area (Å²) in [6.07, 6.45) is 1.64. The molecule has 3 heteroatoms.